The van der Waals surface area contributed by atoms with E-state index in [0.29, 0.717) is 6.61 Å². The Morgan fingerprint density at radius 1 is 1.69 bits per heavy atom. The number of hydrogen-bond acceptors (Lipinski definition) is 3. The fourth-order valence-corrected chi connectivity index (χ4v) is 0.916. The molecule has 0 aromatic heterocycles. The average Bonchev–Trinajstić information content (AvgIpc) is 2.12. The monoisotopic (exact) mass is 185 g/mol. The van der Waals surface area contributed by atoms with Crippen molar-refractivity contribution in [1.29, 1.82) is 0 Å². The Balaban J connectivity index is 3.43. The van der Waals surface area contributed by atoms with Crippen LogP contribution in [-0.4, -0.2) is 25.2 Å². The maximum atomic E-state index is 11.1. The maximum absolute atomic E-state index is 11.1. The van der Waals surface area contributed by atoms with Crippen molar-refractivity contribution in [2.24, 2.45) is 0 Å². The topological polar surface area (TPSA) is 38.3 Å². The molecule has 0 aliphatic carbocycles. The lowest BCUT2D eigenvalue weighted by Gasteiger charge is -2.11. The zero-order chi connectivity index (χ0) is 10.1. The fraction of sp³-hybridized carbons (Fsp3) is 0.700. The van der Waals surface area contributed by atoms with E-state index in [1.54, 1.807) is 0 Å². The molecule has 1 N–H and O–H groups in total. The minimum Gasteiger partial charge on any atom is -0.465 e. The second-order valence-corrected chi connectivity index (χ2v) is 2.86. The number of unbranched alkanes of at least 4 members (excludes halogenated alkanes) is 1. The van der Waals surface area contributed by atoms with E-state index in [-0.39, 0.29) is 12.0 Å². The van der Waals surface area contributed by atoms with E-state index in [0.717, 1.165) is 19.4 Å². The van der Waals surface area contributed by atoms with Crippen molar-refractivity contribution in [3.8, 4) is 0 Å². The molecule has 0 rings (SSSR count). The van der Waals surface area contributed by atoms with Crippen LogP contribution in [0.4, 0.5) is 0 Å². The molecule has 0 aromatic carbocycles. The smallest absolute Gasteiger partial charge is 0.322 e. The lowest BCUT2D eigenvalue weighted by molar-refractivity contribution is -0.145. The van der Waals surface area contributed by atoms with Crippen molar-refractivity contribution >= 4 is 5.97 Å². The third-order valence-corrected chi connectivity index (χ3v) is 1.68. The van der Waals surface area contributed by atoms with E-state index in [4.69, 9.17) is 4.74 Å². The Morgan fingerprint density at radius 2 is 2.38 bits per heavy atom. The van der Waals surface area contributed by atoms with Gasteiger partial charge < -0.3 is 10.1 Å². The zero-order valence-corrected chi connectivity index (χ0v) is 8.51. The Morgan fingerprint density at radius 3 is 2.92 bits per heavy atom. The molecular formula is C10H19NO2. The van der Waals surface area contributed by atoms with Crippen molar-refractivity contribution in [2.45, 2.75) is 32.7 Å². The van der Waals surface area contributed by atoms with Gasteiger partial charge in [-0.15, -0.1) is 6.58 Å². The summed E-state index contributed by atoms with van der Waals surface area (Å²) in [6, 6.07) is -0.204. The SMILES string of the molecule is C=CCCCNC(C)C(=O)OCC. The first-order chi connectivity index (χ1) is 6.22. The molecule has 0 aromatic rings. The highest BCUT2D eigenvalue weighted by Crippen LogP contribution is 1.91. The molecule has 0 aliphatic rings. The standard InChI is InChI=1S/C10H19NO2/c1-4-6-7-8-11-9(3)10(12)13-5-2/h4,9,11H,1,5-8H2,2-3H3. The van der Waals surface area contributed by atoms with E-state index >= 15 is 0 Å². The van der Waals surface area contributed by atoms with Gasteiger partial charge in [-0.2, -0.15) is 0 Å². The van der Waals surface area contributed by atoms with E-state index in [2.05, 4.69) is 11.9 Å². The van der Waals surface area contributed by atoms with Crippen molar-refractivity contribution in [1.82, 2.24) is 5.32 Å². The molecule has 0 spiro atoms. The summed E-state index contributed by atoms with van der Waals surface area (Å²) in [6.45, 7) is 8.51. The Bertz CT molecular complexity index is 157. The fourth-order valence-electron chi connectivity index (χ4n) is 0.916. The molecule has 1 unspecified atom stereocenters. The summed E-state index contributed by atoms with van der Waals surface area (Å²) in [5.74, 6) is -0.180. The molecular weight excluding hydrogens is 166 g/mol. The van der Waals surface area contributed by atoms with Gasteiger partial charge in [-0.1, -0.05) is 6.08 Å². The minimum absolute atomic E-state index is 0.180. The Labute approximate surface area is 80.2 Å². The van der Waals surface area contributed by atoms with Crippen LogP contribution in [0.5, 0.6) is 0 Å². The number of esters is 1. The van der Waals surface area contributed by atoms with Gasteiger partial charge in [0, 0.05) is 0 Å². The van der Waals surface area contributed by atoms with E-state index < -0.39 is 0 Å². The first-order valence-corrected chi connectivity index (χ1v) is 4.73. The second kappa shape index (κ2) is 7.80. The van der Waals surface area contributed by atoms with Gasteiger partial charge in [-0.3, -0.25) is 4.79 Å². The highest BCUT2D eigenvalue weighted by Gasteiger charge is 2.11. The highest BCUT2D eigenvalue weighted by molar-refractivity contribution is 5.75. The van der Waals surface area contributed by atoms with Crippen molar-refractivity contribution in [3.63, 3.8) is 0 Å². The summed E-state index contributed by atoms with van der Waals surface area (Å²) in [5, 5.41) is 3.08. The number of carbonyl (C=O) groups is 1. The van der Waals surface area contributed by atoms with Crippen molar-refractivity contribution < 1.29 is 9.53 Å². The summed E-state index contributed by atoms with van der Waals surface area (Å²) in [5.41, 5.74) is 0. The predicted molar refractivity (Wildman–Crippen MR) is 53.5 cm³/mol. The summed E-state index contributed by atoms with van der Waals surface area (Å²) >= 11 is 0. The largest absolute Gasteiger partial charge is 0.465 e. The quantitative estimate of drug-likeness (QED) is 0.371. The molecule has 13 heavy (non-hydrogen) atoms. The van der Waals surface area contributed by atoms with E-state index in [9.17, 15) is 4.79 Å². The number of rotatable bonds is 7. The summed E-state index contributed by atoms with van der Waals surface area (Å²) in [6.07, 6.45) is 3.85. The third-order valence-electron chi connectivity index (χ3n) is 1.68. The van der Waals surface area contributed by atoms with E-state index in [1.165, 1.54) is 0 Å². The normalized spacial score (nSPS) is 12.2. The molecule has 0 saturated carbocycles. The Hall–Kier alpha value is -0.830. The summed E-state index contributed by atoms with van der Waals surface area (Å²) in [4.78, 5) is 11.1. The molecule has 0 bridgehead atoms. The van der Waals surface area contributed by atoms with Gasteiger partial charge in [-0.05, 0) is 33.2 Å². The number of allylic oxidation sites excluding steroid dienone is 1. The molecule has 3 nitrogen and oxygen atoms in total. The molecule has 3 heteroatoms. The number of hydrogen-bond donors (Lipinski definition) is 1. The number of carbonyl (C=O) groups excluding carboxylic acids is 1. The van der Waals surface area contributed by atoms with Crippen molar-refractivity contribution in [3.05, 3.63) is 12.7 Å². The highest BCUT2D eigenvalue weighted by atomic mass is 16.5. The van der Waals surface area contributed by atoms with Gasteiger partial charge in [0.1, 0.15) is 6.04 Å². The lowest BCUT2D eigenvalue weighted by Crippen LogP contribution is -2.35. The van der Waals surface area contributed by atoms with Crippen LogP contribution in [0.25, 0.3) is 0 Å². The average molecular weight is 185 g/mol. The lowest BCUT2D eigenvalue weighted by atomic mass is 10.3. The van der Waals surface area contributed by atoms with Gasteiger partial charge in [-0.25, -0.2) is 0 Å². The molecule has 0 amide bonds. The van der Waals surface area contributed by atoms with Crippen LogP contribution >= 0.6 is 0 Å². The van der Waals surface area contributed by atoms with Crippen LogP contribution in [0.15, 0.2) is 12.7 Å². The summed E-state index contributed by atoms with van der Waals surface area (Å²) in [7, 11) is 0. The third kappa shape index (κ3) is 6.34. The molecule has 1 atom stereocenters. The predicted octanol–water partition coefficient (Wildman–Crippen LogP) is 1.49. The molecule has 76 valence electrons. The Kier molecular flexibility index (Phi) is 7.30. The van der Waals surface area contributed by atoms with Gasteiger partial charge in [0.25, 0.3) is 0 Å². The van der Waals surface area contributed by atoms with Gasteiger partial charge in [0.2, 0.25) is 0 Å². The van der Waals surface area contributed by atoms with Crippen LogP contribution in [-0.2, 0) is 9.53 Å². The van der Waals surface area contributed by atoms with Gasteiger partial charge in [0.15, 0.2) is 0 Å². The number of ether oxygens (including phenoxy) is 1. The van der Waals surface area contributed by atoms with Crippen LogP contribution in [0, 0.1) is 0 Å². The molecule has 0 radical (unpaired) electrons. The molecule has 0 fully saturated rings. The molecule has 0 aliphatic heterocycles. The van der Waals surface area contributed by atoms with Crippen LogP contribution in [0.1, 0.15) is 26.7 Å². The van der Waals surface area contributed by atoms with E-state index in [1.807, 2.05) is 19.9 Å². The zero-order valence-electron chi connectivity index (χ0n) is 8.51. The van der Waals surface area contributed by atoms with Gasteiger partial charge >= 0.3 is 5.97 Å². The second-order valence-electron chi connectivity index (χ2n) is 2.86. The van der Waals surface area contributed by atoms with Crippen LogP contribution in [0.3, 0.4) is 0 Å². The summed E-state index contributed by atoms with van der Waals surface area (Å²) < 4.78 is 4.84. The van der Waals surface area contributed by atoms with Crippen molar-refractivity contribution in [2.75, 3.05) is 13.2 Å². The first kappa shape index (κ1) is 12.2. The molecule has 0 heterocycles. The first-order valence-electron chi connectivity index (χ1n) is 4.73. The van der Waals surface area contributed by atoms with Crippen LogP contribution in [0.2, 0.25) is 0 Å². The number of nitrogens with one attached hydrogen (secondary N) is 1. The maximum Gasteiger partial charge on any atom is 0.322 e. The van der Waals surface area contributed by atoms with Gasteiger partial charge in [0.05, 0.1) is 6.61 Å². The molecule has 0 saturated heterocycles. The van der Waals surface area contributed by atoms with Crippen LogP contribution < -0.4 is 5.32 Å². The minimum atomic E-state index is -0.204.